The van der Waals surface area contributed by atoms with Gasteiger partial charge in [-0.2, -0.15) is 0 Å². The lowest BCUT2D eigenvalue weighted by molar-refractivity contribution is -0.126. The molecule has 0 aliphatic carbocycles. The van der Waals surface area contributed by atoms with E-state index in [-0.39, 0.29) is 5.91 Å². The summed E-state index contributed by atoms with van der Waals surface area (Å²) >= 11 is 6.75. The Balaban J connectivity index is 1.86. The van der Waals surface area contributed by atoms with E-state index >= 15 is 0 Å². The van der Waals surface area contributed by atoms with Crippen molar-refractivity contribution in [2.75, 3.05) is 12.3 Å². The van der Waals surface area contributed by atoms with Crippen LogP contribution in [0.1, 0.15) is 24.5 Å². The Labute approximate surface area is 118 Å². The second-order valence-corrected chi connectivity index (χ2v) is 6.06. The molecule has 96 valence electrons. The smallest absolute Gasteiger partial charge is 0.228 e. The zero-order valence-electron chi connectivity index (χ0n) is 10.5. The molecule has 2 rings (SSSR count). The number of thioether (sulfide) groups is 1. The Morgan fingerprint density at radius 1 is 1.33 bits per heavy atom. The first-order chi connectivity index (χ1) is 8.70. The predicted molar refractivity (Wildman–Crippen MR) is 80.9 cm³/mol. The standard InChI is InChI=1S/C14H17NOS2/c1-2-11-3-5-12(6-4-11)7-8-13(16)15-9-10-18-14(15)17/h3-6H,2,7-10H2,1H3. The Morgan fingerprint density at radius 2 is 2.00 bits per heavy atom. The highest BCUT2D eigenvalue weighted by molar-refractivity contribution is 8.23. The van der Waals surface area contributed by atoms with Crippen molar-refractivity contribution in [2.45, 2.75) is 26.2 Å². The Morgan fingerprint density at radius 3 is 2.56 bits per heavy atom. The number of thiocarbonyl (C=S) groups is 1. The van der Waals surface area contributed by atoms with Gasteiger partial charge in [-0.15, -0.1) is 0 Å². The molecule has 0 saturated carbocycles. The fourth-order valence-electron chi connectivity index (χ4n) is 1.95. The molecule has 0 aromatic heterocycles. The van der Waals surface area contributed by atoms with Gasteiger partial charge in [0.1, 0.15) is 4.32 Å². The van der Waals surface area contributed by atoms with Crippen LogP contribution in [-0.4, -0.2) is 27.4 Å². The number of carbonyl (C=O) groups excluding carboxylic acids is 1. The summed E-state index contributed by atoms with van der Waals surface area (Å²) in [6.07, 6.45) is 2.40. The van der Waals surface area contributed by atoms with Gasteiger partial charge in [-0.05, 0) is 24.0 Å². The Bertz CT molecular complexity index is 442. The molecule has 1 saturated heterocycles. The third-order valence-corrected chi connectivity index (χ3v) is 4.55. The highest BCUT2D eigenvalue weighted by Gasteiger charge is 2.23. The van der Waals surface area contributed by atoms with Crippen molar-refractivity contribution in [1.29, 1.82) is 0 Å². The molecule has 4 heteroatoms. The SMILES string of the molecule is CCc1ccc(CCC(=O)N2CCSC2=S)cc1. The van der Waals surface area contributed by atoms with Gasteiger partial charge in [0, 0.05) is 18.7 Å². The maximum Gasteiger partial charge on any atom is 0.228 e. The molecule has 1 aromatic rings. The minimum absolute atomic E-state index is 0.157. The highest BCUT2D eigenvalue weighted by atomic mass is 32.2. The van der Waals surface area contributed by atoms with Crippen LogP contribution >= 0.6 is 24.0 Å². The molecule has 18 heavy (non-hydrogen) atoms. The van der Waals surface area contributed by atoms with Crippen molar-refractivity contribution in [1.82, 2.24) is 4.90 Å². The lowest BCUT2D eigenvalue weighted by Gasteiger charge is -2.14. The minimum atomic E-state index is 0.157. The number of aryl methyl sites for hydroxylation is 2. The van der Waals surface area contributed by atoms with E-state index in [1.54, 1.807) is 16.7 Å². The largest absolute Gasteiger partial charge is 0.297 e. The molecule has 1 heterocycles. The lowest BCUT2D eigenvalue weighted by Crippen LogP contribution is -2.30. The van der Waals surface area contributed by atoms with Crippen molar-refractivity contribution >= 4 is 34.2 Å². The van der Waals surface area contributed by atoms with Gasteiger partial charge in [0.25, 0.3) is 0 Å². The maximum absolute atomic E-state index is 12.0. The lowest BCUT2D eigenvalue weighted by atomic mass is 10.1. The Hall–Kier alpha value is -0.870. The summed E-state index contributed by atoms with van der Waals surface area (Å²) in [6.45, 7) is 2.92. The molecule has 0 atom stereocenters. The quantitative estimate of drug-likeness (QED) is 0.790. The third kappa shape index (κ3) is 3.33. The van der Waals surface area contributed by atoms with E-state index < -0.39 is 0 Å². The molecular formula is C14H17NOS2. The second-order valence-electron chi connectivity index (χ2n) is 4.33. The van der Waals surface area contributed by atoms with Crippen LogP contribution in [0.25, 0.3) is 0 Å². The zero-order valence-corrected chi connectivity index (χ0v) is 12.1. The number of rotatable bonds is 4. The molecular weight excluding hydrogens is 262 g/mol. The summed E-state index contributed by atoms with van der Waals surface area (Å²) in [4.78, 5) is 13.7. The summed E-state index contributed by atoms with van der Waals surface area (Å²) in [5, 5.41) is 0. The first kappa shape index (κ1) is 13.6. The van der Waals surface area contributed by atoms with Gasteiger partial charge in [0.15, 0.2) is 0 Å². The van der Waals surface area contributed by atoms with E-state index in [0.29, 0.717) is 6.42 Å². The first-order valence-corrected chi connectivity index (χ1v) is 7.65. The van der Waals surface area contributed by atoms with Crippen LogP contribution in [0.4, 0.5) is 0 Å². The number of hydrogen-bond acceptors (Lipinski definition) is 3. The molecule has 1 aliphatic rings. The number of nitrogens with zero attached hydrogens (tertiary/aromatic N) is 1. The van der Waals surface area contributed by atoms with Gasteiger partial charge in [-0.3, -0.25) is 9.69 Å². The maximum atomic E-state index is 12.0. The molecule has 1 aliphatic heterocycles. The first-order valence-electron chi connectivity index (χ1n) is 6.25. The Kier molecular flexibility index (Phi) is 4.78. The molecule has 0 radical (unpaired) electrons. The topological polar surface area (TPSA) is 20.3 Å². The van der Waals surface area contributed by atoms with Crippen molar-refractivity contribution in [3.8, 4) is 0 Å². The molecule has 0 spiro atoms. The van der Waals surface area contributed by atoms with Crippen LogP contribution in [0.5, 0.6) is 0 Å². The van der Waals surface area contributed by atoms with Crippen molar-refractivity contribution < 1.29 is 4.79 Å². The predicted octanol–water partition coefficient (Wildman–Crippen LogP) is 3.04. The van der Waals surface area contributed by atoms with Crippen molar-refractivity contribution in [3.05, 3.63) is 35.4 Å². The average molecular weight is 279 g/mol. The monoisotopic (exact) mass is 279 g/mol. The van der Waals surface area contributed by atoms with E-state index in [1.807, 2.05) is 0 Å². The van der Waals surface area contributed by atoms with E-state index in [4.69, 9.17) is 12.2 Å². The number of hydrogen-bond donors (Lipinski definition) is 0. The second kappa shape index (κ2) is 6.34. The molecule has 1 aromatic carbocycles. The normalized spacial score (nSPS) is 15.2. The highest BCUT2D eigenvalue weighted by Crippen LogP contribution is 2.19. The summed E-state index contributed by atoms with van der Waals surface area (Å²) in [6, 6.07) is 8.50. The molecule has 2 nitrogen and oxygen atoms in total. The van der Waals surface area contributed by atoms with Crippen molar-refractivity contribution in [2.24, 2.45) is 0 Å². The van der Waals surface area contributed by atoms with E-state index in [1.165, 1.54) is 11.1 Å². The van der Waals surface area contributed by atoms with E-state index in [0.717, 1.165) is 29.5 Å². The summed E-state index contributed by atoms with van der Waals surface area (Å²) < 4.78 is 0.737. The summed E-state index contributed by atoms with van der Waals surface area (Å²) in [7, 11) is 0. The third-order valence-electron chi connectivity index (χ3n) is 3.12. The number of carbonyl (C=O) groups is 1. The van der Waals surface area contributed by atoms with Crippen LogP contribution in [0.15, 0.2) is 24.3 Å². The molecule has 0 unspecified atom stereocenters. The molecule has 0 bridgehead atoms. The van der Waals surface area contributed by atoms with Gasteiger partial charge in [0.2, 0.25) is 5.91 Å². The molecule has 0 N–H and O–H groups in total. The van der Waals surface area contributed by atoms with Crippen LogP contribution in [-0.2, 0) is 17.6 Å². The van der Waals surface area contributed by atoms with Gasteiger partial charge < -0.3 is 0 Å². The summed E-state index contributed by atoms with van der Waals surface area (Å²) in [5.41, 5.74) is 2.56. The average Bonchev–Trinajstić information content (AvgIpc) is 2.83. The van der Waals surface area contributed by atoms with Crippen LogP contribution in [0, 0.1) is 0 Å². The fourth-order valence-corrected chi connectivity index (χ4v) is 3.19. The van der Waals surface area contributed by atoms with E-state index in [2.05, 4.69) is 31.2 Å². The molecule has 1 amide bonds. The van der Waals surface area contributed by atoms with Crippen molar-refractivity contribution in [3.63, 3.8) is 0 Å². The van der Waals surface area contributed by atoms with E-state index in [9.17, 15) is 4.79 Å². The van der Waals surface area contributed by atoms with Crippen LogP contribution in [0.3, 0.4) is 0 Å². The van der Waals surface area contributed by atoms with Gasteiger partial charge in [-0.25, -0.2) is 0 Å². The van der Waals surface area contributed by atoms with Gasteiger partial charge >= 0.3 is 0 Å². The van der Waals surface area contributed by atoms with Crippen LogP contribution < -0.4 is 0 Å². The molecule has 1 fully saturated rings. The van der Waals surface area contributed by atoms with Crippen LogP contribution in [0.2, 0.25) is 0 Å². The van der Waals surface area contributed by atoms with Gasteiger partial charge in [-0.1, -0.05) is 55.2 Å². The number of amides is 1. The minimum Gasteiger partial charge on any atom is -0.297 e. The zero-order chi connectivity index (χ0) is 13.0. The number of benzene rings is 1. The summed E-state index contributed by atoms with van der Waals surface area (Å²) in [5.74, 6) is 1.10. The van der Waals surface area contributed by atoms with Gasteiger partial charge in [0.05, 0.1) is 0 Å². The fraction of sp³-hybridized carbons (Fsp3) is 0.429.